The molecule has 0 bridgehead atoms. The molecule has 0 aliphatic rings. The zero-order valence-electron chi connectivity index (χ0n) is 11.6. The Labute approximate surface area is 122 Å². The van der Waals surface area contributed by atoms with E-state index in [9.17, 15) is 0 Å². The summed E-state index contributed by atoms with van der Waals surface area (Å²) in [6.07, 6.45) is 1.95. The molecule has 0 amide bonds. The standard InChI is InChI=1S/C17H14N4/c1-12-17(14-7-8-16-13(11-14)9-10-18-16)19-20-21(12)15-5-3-2-4-6-15/h2-11,18H,1H3. The average molecular weight is 274 g/mol. The minimum absolute atomic E-state index is 0.918. The monoisotopic (exact) mass is 274 g/mol. The van der Waals surface area contributed by atoms with Crippen LogP contribution in [-0.4, -0.2) is 20.0 Å². The lowest BCUT2D eigenvalue weighted by molar-refractivity contribution is 0.785. The second-order valence-corrected chi connectivity index (χ2v) is 5.05. The van der Waals surface area contributed by atoms with Gasteiger partial charge in [-0.1, -0.05) is 29.5 Å². The van der Waals surface area contributed by atoms with E-state index in [2.05, 4.69) is 39.6 Å². The van der Waals surface area contributed by atoms with Crippen molar-refractivity contribution < 1.29 is 0 Å². The van der Waals surface area contributed by atoms with Gasteiger partial charge < -0.3 is 4.98 Å². The molecule has 0 aliphatic heterocycles. The number of fused-ring (bicyclic) bond motifs is 1. The second kappa shape index (κ2) is 4.59. The molecule has 0 radical (unpaired) electrons. The van der Waals surface area contributed by atoms with Crippen LogP contribution in [0.4, 0.5) is 0 Å². The number of nitrogens with zero attached hydrogens (tertiary/aromatic N) is 3. The first-order valence-corrected chi connectivity index (χ1v) is 6.88. The van der Waals surface area contributed by atoms with Crippen molar-refractivity contribution in [1.82, 2.24) is 20.0 Å². The predicted molar refractivity (Wildman–Crippen MR) is 83.4 cm³/mol. The lowest BCUT2D eigenvalue weighted by Gasteiger charge is -2.03. The molecule has 4 heteroatoms. The number of hydrogen-bond donors (Lipinski definition) is 1. The van der Waals surface area contributed by atoms with Gasteiger partial charge in [0, 0.05) is 22.7 Å². The number of hydrogen-bond acceptors (Lipinski definition) is 2. The van der Waals surface area contributed by atoms with Gasteiger partial charge in [-0.3, -0.25) is 0 Å². The van der Waals surface area contributed by atoms with E-state index in [1.807, 2.05) is 48.1 Å². The highest BCUT2D eigenvalue weighted by Gasteiger charge is 2.12. The van der Waals surface area contributed by atoms with Gasteiger partial charge in [0.1, 0.15) is 5.69 Å². The van der Waals surface area contributed by atoms with Gasteiger partial charge >= 0.3 is 0 Å². The van der Waals surface area contributed by atoms with Gasteiger partial charge in [0.15, 0.2) is 0 Å². The molecular formula is C17H14N4. The highest BCUT2D eigenvalue weighted by Crippen LogP contribution is 2.25. The number of aromatic amines is 1. The van der Waals surface area contributed by atoms with E-state index in [4.69, 9.17) is 0 Å². The molecule has 4 nitrogen and oxygen atoms in total. The van der Waals surface area contributed by atoms with Crippen LogP contribution in [0.2, 0.25) is 0 Å². The Balaban J connectivity index is 1.84. The van der Waals surface area contributed by atoms with Gasteiger partial charge in [-0.25, -0.2) is 4.68 Å². The minimum Gasteiger partial charge on any atom is -0.361 e. The third-order valence-corrected chi connectivity index (χ3v) is 3.72. The second-order valence-electron chi connectivity index (χ2n) is 5.05. The molecule has 0 saturated heterocycles. The largest absolute Gasteiger partial charge is 0.361 e. The first-order chi connectivity index (χ1) is 10.3. The molecule has 0 unspecified atom stereocenters. The van der Waals surface area contributed by atoms with Crippen LogP contribution in [0.1, 0.15) is 5.69 Å². The minimum atomic E-state index is 0.918. The number of nitrogens with one attached hydrogen (secondary N) is 1. The highest BCUT2D eigenvalue weighted by atomic mass is 15.4. The highest BCUT2D eigenvalue weighted by molar-refractivity contribution is 5.84. The maximum atomic E-state index is 4.36. The van der Waals surface area contributed by atoms with E-state index in [0.29, 0.717) is 0 Å². The fraction of sp³-hybridized carbons (Fsp3) is 0.0588. The van der Waals surface area contributed by atoms with Crippen molar-refractivity contribution in [2.24, 2.45) is 0 Å². The van der Waals surface area contributed by atoms with Crippen LogP contribution in [0.15, 0.2) is 60.8 Å². The zero-order chi connectivity index (χ0) is 14.2. The lowest BCUT2D eigenvalue weighted by atomic mass is 10.1. The SMILES string of the molecule is Cc1c(-c2ccc3[nH]ccc3c2)nnn1-c1ccccc1. The maximum Gasteiger partial charge on any atom is 0.116 e. The third-order valence-electron chi connectivity index (χ3n) is 3.72. The van der Waals surface area contributed by atoms with Crippen LogP contribution >= 0.6 is 0 Å². The summed E-state index contributed by atoms with van der Waals surface area (Å²) in [6.45, 7) is 2.05. The van der Waals surface area contributed by atoms with Gasteiger partial charge in [0.2, 0.25) is 0 Å². The molecule has 102 valence electrons. The maximum absolute atomic E-state index is 4.36. The van der Waals surface area contributed by atoms with Crippen molar-refractivity contribution in [3.05, 3.63) is 66.5 Å². The molecule has 0 fully saturated rings. The van der Waals surface area contributed by atoms with Crippen LogP contribution in [0.5, 0.6) is 0 Å². The van der Waals surface area contributed by atoms with E-state index in [1.54, 1.807) is 0 Å². The van der Waals surface area contributed by atoms with Crippen LogP contribution in [0.3, 0.4) is 0 Å². The number of benzene rings is 2. The third kappa shape index (κ3) is 1.92. The Kier molecular flexibility index (Phi) is 2.60. The van der Waals surface area contributed by atoms with E-state index in [-0.39, 0.29) is 0 Å². The Bertz CT molecular complexity index is 903. The fourth-order valence-electron chi connectivity index (χ4n) is 2.61. The van der Waals surface area contributed by atoms with Gasteiger partial charge in [0.25, 0.3) is 0 Å². The molecule has 2 aromatic carbocycles. The Hall–Kier alpha value is -2.88. The molecule has 4 rings (SSSR count). The summed E-state index contributed by atoms with van der Waals surface area (Å²) in [5, 5.41) is 9.83. The van der Waals surface area contributed by atoms with Crippen molar-refractivity contribution in [2.45, 2.75) is 6.92 Å². The van der Waals surface area contributed by atoms with E-state index < -0.39 is 0 Å². The Morgan fingerprint density at radius 2 is 1.86 bits per heavy atom. The average Bonchev–Trinajstić information content (AvgIpc) is 3.13. The van der Waals surface area contributed by atoms with E-state index >= 15 is 0 Å². The molecule has 0 spiro atoms. The summed E-state index contributed by atoms with van der Waals surface area (Å²) in [5.41, 5.74) is 5.20. The van der Waals surface area contributed by atoms with Gasteiger partial charge in [-0.2, -0.15) is 0 Å². The van der Waals surface area contributed by atoms with Gasteiger partial charge in [-0.05, 0) is 37.3 Å². The number of aromatic nitrogens is 4. The quantitative estimate of drug-likeness (QED) is 0.605. The molecular weight excluding hydrogens is 260 g/mol. The van der Waals surface area contributed by atoms with Crippen molar-refractivity contribution in [2.75, 3.05) is 0 Å². The summed E-state index contributed by atoms with van der Waals surface area (Å²) in [4.78, 5) is 3.20. The summed E-state index contributed by atoms with van der Waals surface area (Å²) in [7, 11) is 0. The van der Waals surface area contributed by atoms with Crippen LogP contribution in [0, 0.1) is 6.92 Å². The topological polar surface area (TPSA) is 46.5 Å². The summed E-state index contributed by atoms with van der Waals surface area (Å²) in [5.74, 6) is 0. The molecule has 0 aliphatic carbocycles. The van der Waals surface area contributed by atoms with Crippen molar-refractivity contribution in [3.8, 4) is 16.9 Å². The zero-order valence-corrected chi connectivity index (χ0v) is 11.6. The lowest BCUT2D eigenvalue weighted by Crippen LogP contribution is -1.98. The smallest absolute Gasteiger partial charge is 0.116 e. The molecule has 2 heterocycles. The molecule has 1 N–H and O–H groups in total. The van der Waals surface area contributed by atoms with Crippen LogP contribution in [0.25, 0.3) is 27.8 Å². The first kappa shape index (κ1) is 11.9. The van der Waals surface area contributed by atoms with Crippen LogP contribution in [-0.2, 0) is 0 Å². The van der Waals surface area contributed by atoms with Gasteiger partial charge in [0.05, 0.1) is 11.4 Å². The van der Waals surface area contributed by atoms with E-state index in [0.717, 1.165) is 28.2 Å². The number of H-pyrrole nitrogens is 1. The van der Waals surface area contributed by atoms with E-state index in [1.165, 1.54) is 5.39 Å². The molecule has 0 saturated carbocycles. The summed E-state index contributed by atoms with van der Waals surface area (Å²) < 4.78 is 1.87. The number of rotatable bonds is 2. The fourth-order valence-corrected chi connectivity index (χ4v) is 2.61. The first-order valence-electron chi connectivity index (χ1n) is 6.88. The molecule has 0 atom stereocenters. The Morgan fingerprint density at radius 3 is 2.71 bits per heavy atom. The van der Waals surface area contributed by atoms with Crippen molar-refractivity contribution in [1.29, 1.82) is 0 Å². The normalized spacial score (nSPS) is 11.1. The molecule has 2 aromatic heterocycles. The molecule has 4 aromatic rings. The van der Waals surface area contributed by atoms with Crippen molar-refractivity contribution in [3.63, 3.8) is 0 Å². The van der Waals surface area contributed by atoms with Crippen molar-refractivity contribution >= 4 is 10.9 Å². The summed E-state index contributed by atoms with van der Waals surface area (Å²) in [6, 6.07) is 18.4. The number of para-hydroxylation sites is 1. The summed E-state index contributed by atoms with van der Waals surface area (Å²) >= 11 is 0. The Morgan fingerprint density at radius 1 is 1.00 bits per heavy atom. The molecule has 21 heavy (non-hydrogen) atoms. The van der Waals surface area contributed by atoms with Gasteiger partial charge in [-0.15, -0.1) is 5.10 Å². The predicted octanol–water partition coefficient (Wildman–Crippen LogP) is 3.72. The van der Waals surface area contributed by atoms with Crippen LogP contribution < -0.4 is 0 Å².